The minimum atomic E-state index is -0.0149. The quantitative estimate of drug-likeness (QED) is 0.919. The van der Waals surface area contributed by atoms with Gasteiger partial charge in [-0.25, -0.2) is 4.68 Å². The average Bonchev–Trinajstić information content (AvgIpc) is 3.14. The molecule has 1 atom stereocenters. The van der Waals surface area contributed by atoms with E-state index in [1.807, 2.05) is 10.9 Å². The van der Waals surface area contributed by atoms with Gasteiger partial charge in [-0.2, -0.15) is 0 Å². The number of benzene rings is 1. The van der Waals surface area contributed by atoms with Gasteiger partial charge in [-0.1, -0.05) is 23.4 Å². The molecule has 2 aromatic rings. The molecule has 1 aromatic heterocycles. The molecule has 0 saturated heterocycles. The van der Waals surface area contributed by atoms with Crippen LogP contribution >= 0.6 is 0 Å². The van der Waals surface area contributed by atoms with E-state index in [4.69, 9.17) is 0 Å². The van der Waals surface area contributed by atoms with Crippen LogP contribution in [0.3, 0.4) is 0 Å². The van der Waals surface area contributed by atoms with Crippen LogP contribution in [0, 0.1) is 0 Å². The number of amides is 1. The van der Waals surface area contributed by atoms with Crippen LogP contribution in [0.15, 0.2) is 24.4 Å². The summed E-state index contributed by atoms with van der Waals surface area (Å²) in [6.07, 6.45) is 6.34. The summed E-state index contributed by atoms with van der Waals surface area (Å²) >= 11 is 0. The van der Waals surface area contributed by atoms with Gasteiger partial charge in [0.15, 0.2) is 0 Å². The van der Waals surface area contributed by atoms with Crippen molar-refractivity contribution in [2.24, 2.45) is 0 Å². The SMILES string of the molecule is CC(=O)NCCc1cn(C(C)c2ccc3c(c2)CCC3)nn1. The highest BCUT2D eigenvalue weighted by molar-refractivity contribution is 5.72. The van der Waals surface area contributed by atoms with Crippen molar-refractivity contribution >= 4 is 5.91 Å². The van der Waals surface area contributed by atoms with Crippen molar-refractivity contribution in [3.8, 4) is 0 Å². The van der Waals surface area contributed by atoms with Gasteiger partial charge >= 0.3 is 0 Å². The summed E-state index contributed by atoms with van der Waals surface area (Å²) in [6, 6.07) is 6.94. The minimum Gasteiger partial charge on any atom is -0.356 e. The van der Waals surface area contributed by atoms with Gasteiger partial charge in [-0.05, 0) is 42.9 Å². The molecule has 1 aliphatic rings. The van der Waals surface area contributed by atoms with Crippen molar-refractivity contribution in [1.29, 1.82) is 0 Å². The van der Waals surface area contributed by atoms with Gasteiger partial charge in [-0.3, -0.25) is 4.79 Å². The molecule has 1 aromatic carbocycles. The predicted octanol–water partition coefficient (Wildman–Crippen LogP) is 2.05. The molecule has 1 unspecified atom stereocenters. The molecule has 0 radical (unpaired) electrons. The Bertz CT molecular complexity index is 677. The van der Waals surface area contributed by atoms with E-state index in [0.717, 1.165) is 5.69 Å². The normalized spacial score (nSPS) is 14.6. The number of hydrogen-bond donors (Lipinski definition) is 1. The molecular weight excluding hydrogens is 276 g/mol. The maximum absolute atomic E-state index is 10.9. The van der Waals surface area contributed by atoms with E-state index in [1.54, 1.807) is 0 Å². The van der Waals surface area contributed by atoms with Crippen LogP contribution in [0.4, 0.5) is 0 Å². The highest BCUT2D eigenvalue weighted by atomic mass is 16.1. The Kier molecular flexibility index (Phi) is 4.22. The molecule has 5 nitrogen and oxygen atoms in total. The first kappa shape index (κ1) is 14.8. The monoisotopic (exact) mass is 298 g/mol. The lowest BCUT2D eigenvalue weighted by Crippen LogP contribution is -2.22. The number of nitrogens with one attached hydrogen (secondary N) is 1. The van der Waals surface area contributed by atoms with Gasteiger partial charge in [0, 0.05) is 26.1 Å². The fraction of sp³-hybridized carbons (Fsp3) is 0.471. The van der Waals surface area contributed by atoms with Crippen molar-refractivity contribution in [2.45, 2.75) is 45.6 Å². The van der Waals surface area contributed by atoms with Crippen molar-refractivity contribution < 1.29 is 4.79 Å². The number of aromatic nitrogens is 3. The number of hydrogen-bond acceptors (Lipinski definition) is 3. The molecule has 0 aliphatic heterocycles. The third kappa shape index (κ3) is 3.18. The van der Waals surface area contributed by atoms with Crippen molar-refractivity contribution in [3.05, 3.63) is 46.8 Å². The van der Waals surface area contributed by atoms with Gasteiger partial charge in [0.1, 0.15) is 0 Å². The van der Waals surface area contributed by atoms with E-state index in [-0.39, 0.29) is 11.9 Å². The molecule has 1 heterocycles. The van der Waals surface area contributed by atoms with Gasteiger partial charge in [0.25, 0.3) is 0 Å². The average molecular weight is 298 g/mol. The maximum Gasteiger partial charge on any atom is 0.216 e. The van der Waals surface area contributed by atoms with Crippen LogP contribution in [-0.2, 0) is 24.1 Å². The number of nitrogens with zero attached hydrogens (tertiary/aromatic N) is 3. The fourth-order valence-corrected chi connectivity index (χ4v) is 2.99. The first-order valence-corrected chi connectivity index (χ1v) is 7.90. The molecule has 1 N–H and O–H groups in total. The number of carbonyl (C=O) groups is 1. The predicted molar refractivity (Wildman–Crippen MR) is 84.7 cm³/mol. The smallest absolute Gasteiger partial charge is 0.216 e. The van der Waals surface area contributed by atoms with Crippen molar-refractivity contribution in [2.75, 3.05) is 6.54 Å². The molecule has 0 spiro atoms. The number of fused-ring (bicyclic) bond motifs is 1. The first-order valence-electron chi connectivity index (χ1n) is 7.90. The van der Waals surface area contributed by atoms with E-state index in [1.165, 1.54) is 42.9 Å². The molecule has 22 heavy (non-hydrogen) atoms. The second kappa shape index (κ2) is 6.30. The molecule has 0 bridgehead atoms. The minimum absolute atomic E-state index is 0.0149. The van der Waals surface area contributed by atoms with Crippen LogP contribution in [0.1, 0.15) is 48.7 Å². The zero-order valence-electron chi connectivity index (χ0n) is 13.2. The Morgan fingerprint density at radius 3 is 3.00 bits per heavy atom. The van der Waals surface area contributed by atoms with E-state index in [0.29, 0.717) is 13.0 Å². The van der Waals surface area contributed by atoms with Gasteiger partial charge in [0.05, 0.1) is 11.7 Å². The third-order valence-electron chi connectivity index (χ3n) is 4.31. The highest BCUT2D eigenvalue weighted by Gasteiger charge is 2.15. The zero-order chi connectivity index (χ0) is 15.5. The Morgan fingerprint density at radius 1 is 1.36 bits per heavy atom. The summed E-state index contributed by atoms with van der Waals surface area (Å²) in [5.74, 6) is -0.0149. The Morgan fingerprint density at radius 2 is 2.18 bits per heavy atom. The topological polar surface area (TPSA) is 59.8 Å². The molecule has 1 aliphatic carbocycles. The summed E-state index contributed by atoms with van der Waals surface area (Å²) in [5.41, 5.74) is 5.15. The number of rotatable bonds is 5. The largest absolute Gasteiger partial charge is 0.356 e. The molecule has 1 amide bonds. The van der Waals surface area contributed by atoms with Crippen molar-refractivity contribution in [3.63, 3.8) is 0 Å². The standard InChI is InChI=1S/C17H22N4O/c1-12(15-7-6-14-4-3-5-16(14)10-15)21-11-17(19-20-21)8-9-18-13(2)22/h6-7,10-12H,3-5,8-9H2,1-2H3,(H,18,22). The van der Waals surface area contributed by atoms with Gasteiger partial charge in [0.2, 0.25) is 5.91 Å². The van der Waals surface area contributed by atoms with E-state index < -0.39 is 0 Å². The summed E-state index contributed by atoms with van der Waals surface area (Å²) < 4.78 is 1.90. The van der Waals surface area contributed by atoms with Crippen molar-refractivity contribution in [1.82, 2.24) is 20.3 Å². The Labute approximate surface area is 130 Å². The molecule has 5 heteroatoms. The second-order valence-corrected chi connectivity index (χ2v) is 5.98. The lowest BCUT2D eigenvalue weighted by molar-refractivity contribution is -0.118. The van der Waals surface area contributed by atoms with Crippen LogP contribution in [0.2, 0.25) is 0 Å². The molecule has 0 fully saturated rings. The third-order valence-corrected chi connectivity index (χ3v) is 4.31. The van der Waals surface area contributed by atoms with Crippen LogP contribution in [-0.4, -0.2) is 27.4 Å². The van der Waals surface area contributed by atoms with Crippen LogP contribution < -0.4 is 5.32 Å². The lowest BCUT2D eigenvalue weighted by Gasteiger charge is -2.13. The first-order chi connectivity index (χ1) is 10.6. The summed E-state index contributed by atoms with van der Waals surface area (Å²) in [5, 5.41) is 11.2. The Balaban J connectivity index is 1.68. The van der Waals surface area contributed by atoms with Gasteiger partial charge in [-0.15, -0.1) is 5.10 Å². The van der Waals surface area contributed by atoms with E-state index in [2.05, 4.69) is 40.8 Å². The summed E-state index contributed by atoms with van der Waals surface area (Å²) in [7, 11) is 0. The van der Waals surface area contributed by atoms with Crippen LogP contribution in [0.25, 0.3) is 0 Å². The Hall–Kier alpha value is -2.17. The maximum atomic E-state index is 10.9. The summed E-state index contributed by atoms with van der Waals surface area (Å²) in [6.45, 7) is 4.26. The summed E-state index contributed by atoms with van der Waals surface area (Å²) in [4.78, 5) is 10.9. The highest BCUT2D eigenvalue weighted by Crippen LogP contribution is 2.26. The molecular formula is C17H22N4O. The molecule has 0 saturated carbocycles. The molecule has 3 rings (SSSR count). The lowest BCUT2D eigenvalue weighted by atomic mass is 10.0. The molecule has 116 valence electrons. The number of carbonyl (C=O) groups excluding carboxylic acids is 1. The van der Waals surface area contributed by atoms with E-state index in [9.17, 15) is 4.79 Å². The zero-order valence-corrected chi connectivity index (χ0v) is 13.2. The second-order valence-electron chi connectivity index (χ2n) is 5.98. The van der Waals surface area contributed by atoms with E-state index >= 15 is 0 Å². The number of aryl methyl sites for hydroxylation is 2. The van der Waals surface area contributed by atoms with Crippen LogP contribution in [0.5, 0.6) is 0 Å². The fourth-order valence-electron chi connectivity index (χ4n) is 2.99. The van der Waals surface area contributed by atoms with Gasteiger partial charge < -0.3 is 5.32 Å².